The molecule has 30 heavy (non-hydrogen) atoms. The van der Waals surface area contributed by atoms with Crippen LogP contribution in [0.4, 0.5) is 5.82 Å². The van der Waals surface area contributed by atoms with Gasteiger partial charge in [0.1, 0.15) is 30.3 Å². The number of thiophene rings is 1. The van der Waals surface area contributed by atoms with Gasteiger partial charge in [-0.05, 0) is 19.4 Å². The molecule has 2 aliphatic heterocycles. The number of hydrogen-bond acceptors (Lipinski definition) is 6. The van der Waals surface area contributed by atoms with E-state index in [2.05, 4.69) is 54.5 Å². The molecule has 1 aromatic carbocycles. The van der Waals surface area contributed by atoms with Gasteiger partial charge in [0.05, 0.1) is 30.8 Å². The van der Waals surface area contributed by atoms with Crippen LogP contribution in [0.15, 0.2) is 35.7 Å². The Kier molecular flexibility index (Phi) is 5.69. The molecule has 2 aliphatic rings. The van der Waals surface area contributed by atoms with Crippen molar-refractivity contribution in [2.45, 2.75) is 32.6 Å². The molecule has 0 unspecified atom stereocenters. The second-order valence-electron chi connectivity index (χ2n) is 8.36. The van der Waals surface area contributed by atoms with E-state index in [1.54, 1.807) is 11.3 Å². The molecule has 4 heterocycles. The molecule has 0 saturated carbocycles. The van der Waals surface area contributed by atoms with Crippen molar-refractivity contribution < 1.29 is 14.4 Å². The number of hydrogen-bond donors (Lipinski definition) is 1. The minimum atomic E-state index is 0.186. The largest absolute Gasteiger partial charge is 0.372 e. The first-order valence-electron chi connectivity index (χ1n) is 10.8. The van der Waals surface area contributed by atoms with Crippen LogP contribution in [-0.2, 0) is 16.0 Å². The Morgan fingerprint density at radius 1 is 1.07 bits per heavy atom. The second-order valence-corrected chi connectivity index (χ2v) is 9.22. The number of fused-ring (bicyclic) bond motifs is 1. The van der Waals surface area contributed by atoms with Crippen LogP contribution in [0.3, 0.4) is 0 Å². The van der Waals surface area contributed by atoms with Crippen molar-refractivity contribution in [2.75, 3.05) is 44.3 Å². The van der Waals surface area contributed by atoms with Crippen LogP contribution in [0.2, 0.25) is 0 Å². The van der Waals surface area contributed by atoms with Gasteiger partial charge < -0.3 is 19.3 Å². The highest BCUT2D eigenvalue weighted by atomic mass is 32.1. The predicted octanol–water partition coefficient (Wildman–Crippen LogP) is 2.39. The molecule has 1 N–H and O–H groups in total. The minimum Gasteiger partial charge on any atom is -0.372 e. The maximum atomic E-state index is 6.00. The van der Waals surface area contributed by atoms with Crippen molar-refractivity contribution in [3.63, 3.8) is 0 Å². The number of benzene rings is 1. The molecular weight excluding hydrogens is 396 g/mol. The van der Waals surface area contributed by atoms with E-state index < -0.39 is 0 Å². The molecule has 2 aromatic heterocycles. The number of anilines is 1. The van der Waals surface area contributed by atoms with Crippen LogP contribution >= 0.6 is 11.3 Å². The van der Waals surface area contributed by atoms with Gasteiger partial charge in [-0.1, -0.05) is 30.3 Å². The van der Waals surface area contributed by atoms with E-state index >= 15 is 0 Å². The summed E-state index contributed by atoms with van der Waals surface area (Å²) < 4.78 is 11.5. The van der Waals surface area contributed by atoms with E-state index in [0.29, 0.717) is 0 Å². The lowest BCUT2D eigenvalue weighted by molar-refractivity contribution is -0.922. The summed E-state index contributed by atoms with van der Waals surface area (Å²) in [6.07, 6.45) is 0.372. The van der Waals surface area contributed by atoms with Crippen LogP contribution in [-0.4, -0.2) is 61.6 Å². The molecule has 7 heteroatoms. The third kappa shape index (κ3) is 4.07. The fourth-order valence-corrected chi connectivity index (χ4v) is 5.48. The van der Waals surface area contributed by atoms with Crippen molar-refractivity contribution in [1.29, 1.82) is 0 Å². The lowest BCUT2D eigenvalue weighted by Gasteiger charge is -2.36. The maximum Gasteiger partial charge on any atom is 0.187 e. The highest BCUT2D eigenvalue weighted by Crippen LogP contribution is 2.39. The molecule has 0 amide bonds. The summed E-state index contributed by atoms with van der Waals surface area (Å²) in [4.78, 5) is 15.1. The average molecular weight is 426 g/mol. The molecule has 0 spiro atoms. The lowest BCUT2D eigenvalue weighted by atomic mass is 10.1. The topological polar surface area (TPSA) is 51.9 Å². The normalized spacial score (nSPS) is 23.2. The van der Waals surface area contributed by atoms with E-state index in [1.807, 2.05) is 0 Å². The molecule has 2 fully saturated rings. The molecule has 6 nitrogen and oxygen atoms in total. The van der Waals surface area contributed by atoms with E-state index in [1.165, 1.54) is 21.4 Å². The lowest BCUT2D eigenvalue weighted by Crippen LogP contribution is -3.12. The predicted molar refractivity (Wildman–Crippen MR) is 120 cm³/mol. The van der Waals surface area contributed by atoms with Crippen molar-refractivity contribution in [3.05, 3.63) is 41.5 Å². The number of nitrogens with one attached hydrogen (secondary N) is 1. The van der Waals surface area contributed by atoms with Crippen LogP contribution in [0.25, 0.3) is 21.3 Å². The SMILES string of the molecule is C[C@@H]1CN(c2nc(C[NH+]3CCOCC3)nc3scc(-c4ccccc4)c23)C[C@H](C)O1. The first-order chi connectivity index (χ1) is 14.7. The van der Waals surface area contributed by atoms with Gasteiger partial charge in [-0.25, -0.2) is 9.97 Å². The summed E-state index contributed by atoms with van der Waals surface area (Å²) in [6, 6.07) is 10.6. The van der Waals surface area contributed by atoms with Crippen molar-refractivity contribution in [3.8, 4) is 11.1 Å². The Bertz CT molecular complexity index is 993. The molecule has 5 rings (SSSR count). The molecule has 3 aromatic rings. The molecule has 0 radical (unpaired) electrons. The molecule has 158 valence electrons. The van der Waals surface area contributed by atoms with Gasteiger partial charge in [0.25, 0.3) is 0 Å². The average Bonchev–Trinajstić information content (AvgIpc) is 3.18. The Hall–Kier alpha value is -2.06. The first kappa shape index (κ1) is 19.9. The fourth-order valence-electron chi connectivity index (χ4n) is 4.52. The van der Waals surface area contributed by atoms with E-state index in [-0.39, 0.29) is 12.2 Å². The van der Waals surface area contributed by atoms with Gasteiger partial charge in [0.15, 0.2) is 5.82 Å². The van der Waals surface area contributed by atoms with Crippen LogP contribution in [0, 0.1) is 0 Å². The van der Waals surface area contributed by atoms with Gasteiger partial charge in [-0.15, -0.1) is 11.3 Å². The van der Waals surface area contributed by atoms with Gasteiger partial charge in [0, 0.05) is 24.0 Å². The van der Waals surface area contributed by atoms with Crippen LogP contribution < -0.4 is 9.80 Å². The van der Waals surface area contributed by atoms with E-state index in [9.17, 15) is 0 Å². The molecule has 0 bridgehead atoms. The quantitative estimate of drug-likeness (QED) is 0.696. The summed E-state index contributed by atoms with van der Waals surface area (Å²) in [5.74, 6) is 1.99. The van der Waals surface area contributed by atoms with Crippen molar-refractivity contribution in [1.82, 2.24) is 9.97 Å². The second kappa shape index (κ2) is 8.59. The summed E-state index contributed by atoms with van der Waals surface area (Å²) in [6.45, 7) is 10.5. The van der Waals surface area contributed by atoms with Gasteiger partial charge in [-0.2, -0.15) is 0 Å². The van der Waals surface area contributed by atoms with E-state index in [0.717, 1.165) is 62.4 Å². The maximum absolute atomic E-state index is 6.00. The smallest absolute Gasteiger partial charge is 0.187 e. The number of nitrogens with zero attached hydrogens (tertiary/aromatic N) is 3. The van der Waals surface area contributed by atoms with Crippen LogP contribution in [0.5, 0.6) is 0 Å². The zero-order chi connectivity index (χ0) is 20.5. The van der Waals surface area contributed by atoms with Gasteiger partial charge in [-0.3, -0.25) is 0 Å². The molecule has 2 saturated heterocycles. The molecular formula is C23H29N4O2S+. The summed E-state index contributed by atoms with van der Waals surface area (Å²) in [7, 11) is 0. The Balaban J connectivity index is 1.59. The summed E-state index contributed by atoms with van der Waals surface area (Å²) in [5, 5.41) is 3.41. The fraction of sp³-hybridized carbons (Fsp3) is 0.478. The number of morpholine rings is 2. The Morgan fingerprint density at radius 2 is 1.80 bits per heavy atom. The summed E-state index contributed by atoms with van der Waals surface area (Å²) in [5.41, 5.74) is 2.44. The number of ether oxygens (including phenoxy) is 2. The number of aromatic nitrogens is 2. The van der Waals surface area contributed by atoms with Crippen molar-refractivity contribution >= 4 is 27.4 Å². The standard InChI is InChI=1S/C23H28N4O2S/c1-16-12-27(13-17(2)29-16)22-21-19(18-6-4-3-5-7-18)15-30-23(21)25-20(24-22)14-26-8-10-28-11-9-26/h3-7,15-17H,8-14H2,1-2H3/p+1/t16-,17+. The van der Waals surface area contributed by atoms with Gasteiger partial charge in [0.2, 0.25) is 0 Å². The molecule has 2 atom stereocenters. The Labute approximate surface area is 181 Å². The highest BCUT2D eigenvalue weighted by molar-refractivity contribution is 7.17. The Morgan fingerprint density at radius 3 is 2.53 bits per heavy atom. The minimum absolute atomic E-state index is 0.186. The van der Waals surface area contributed by atoms with E-state index in [4.69, 9.17) is 19.4 Å². The monoisotopic (exact) mass is 425 g/mol. The number of rotatable bonds is 4. The third-order valence-electron chi connectivity index (χ3n) is 5.87. The molecule has 0 aliphatic carbocycles. The zero-order valence-corrected chi connectivity index (χ0v) is 18.5. The van der Waals surface area contributed by atoms with Crippen molar-refractivity contribution in [2.24, 2.45) is 0 Å². The van der Waals surface area contributed by atoms with Gasteiger partial charge >= 0.3 is 0 Å². The highest BCUT2D eigenvalue weighted by Gasteiger charge is 2.28. The zero-order valence-electron chi connectivity index (χ0n) is 17.6. The number of quaternary nitrogens is 1. The summed E-state index contributed by atoms with van der Waals surface area (Å²) >= 11 is 1.72. The third-order valence-corrected chi connectivity index (χ3v) is 6.74. The van der Waals surface area contributed by atoms with Crippen LogP contribution in [0.1, 0.15) is 19.7 Å². The first-order valence-corrected chi connectivity index (χ1v) is 11.7.